The Morgan fingerprint density at radius 1 is 0.420 bits per heavy atom. The van der Waals surface area contributed by atoms with Crippen LogP contribution in [-0.4, -0.2) is 110 Å². The van der Waals surface area contributed by atoms with Gasteiger partial charge in [-0.3, -0.25) is 4.79 Å². The highest BCUT2D eigenvalue weighted by molar-refractivity contribution is 5.80. The molecule has 0 bridgehead atoms. The number of nitrogens with one attached hydrogen (secondary N) is 1. The molecule has 9 unspecified atom stereocenters. The van der Waals surface area contributed by atoms with Gasteiger partial charge in [-0.2, -0.15) is 0 Å². The monoisotopic (exact) mass is 1150 g/mol. The Labute approximate surface area is 499 Å². The van der Waals surface area contributed by atoms with Crippen LogP contribution in [0.25, 0.3) is 0 Å². The molecular formula is C70H135NO10. The molecule has 11 heteroatoms. The van der Waals surface area contributed by atoms with Crippen molar-refractivity contribution in [3.63, 3.8) is 0 Å². The average Bonchev–Trinajstić information content (AvgIpc) is 3.49. The van der Waals surface area contributed by atoms with E-state index in [4.69, 9.17) is 9.47 Å². The lowest BCUT2D eigenvalue weighted by molar-refractivity contribution is -0.303. The highest BCUT2D eigenvalue weighted by Gasteiger charge is 2.44. The van der Waals surface area contributed by atoms with Gasteiger partial charge < -0.3 is 50.5 Å². The highest BCUT2D eigenvalue weighted by Crippen LogP contribution is 2.24. The standard InChI is InChI=1S/C70H135NO10/c1-3-5-7-9-11-13-15-17-19-21-23-25-27-28-29-30-31-32-33-34-35-36-38-40-42-44-46-48-50-52-54-56-58-63(74)69(79)71-61(60-80-70-68(78)67(77)66(76)64(59-72)81-70)65(75)62(73)57-55-53-51-49-47-45-43-41-39-37-26-24-22-20-18-16-14-12-10-8-6-4-2/h41,43,49,51,61-68,70,72-78H,3-40,42,44-48,50,52-60H2,1-2H3,(H,71,79)/b43-41+,51-49+. The number of ether oxygens (including phenoxy) is 2. The van der Waals surface area contributed by atoms with Crippen molar-refractivity contribution >= 4 is 5.91 Å². The fraction of sp³-hybridized carbons (Fsp3) is 0.929. The van der Waals surface area contributed by atoms with Crippen molar-refractivity contribution in [2.24, 2.45) is 0 Å². The summed E-state index contributed by atoms with van der Waals surface area (Å²) >= 11 is 0. The van der Waals surface area contributed by atoms with Crippen molar-refractivity contribution in [2.75, 3.05) is 13.2 Å². The second-order valence-electron chi connectivity index (χ2n) is 25.0. The molecule has 1 amide bonds. The summed E-state index contributed by atoms with van der Waals surface area (Å²) in [5.41, 5.74) is 0. The van der Waals surface area contributed by atoms with Gasteiger partial charge in [0.15, 0.2) is 6.29 Å². The van der Waals surface area contributed by atoms with Crippen LogP contribution in [0.1, 0.15) is 348 Å². The number of amides is 1. The summed E-state index contributed by atoms with van der Waals surface area (Å²) in [4.78, 5) is 13.2. The van der Waals surface area contributed by atoms with E-state index in [0.717, 1.165) is 38.5 Å². The molecule has 0 aromatic rings. The van der Waals surface area contributed by atoms with Crippen LogP contribution in [-0.2, 0) is 14.3 Å². The SMILES string of the molecule is CCCCCCCCCCCCCCC/C=C/CC/C=C/CCCC(O)C(O)C(COC1OC(CO)C(O)C(O)C1O)NC(=O)C(O)CCCCCCCCCCCCCCCCCCCCCCCCCCCCCCCCCC. The summed E-state index contributed by atoms with van der Waals surface area (Å²) < 4.78 is 11.2. The number of rotatable bonds is 62. The first-order valence-corrected chi connectivity index (χ1v) is 35.2. The van der Waals surface area contributed by atoms with E-state index in [2.05, 4.69) is 43.5 Å². The van der Waals surface area contributed by atoms with Crippen molar-refractivity contribution in [1.29, 1.82) is 0 Å². The first kappa shape index (κ1) is 77.6. The molecule has 1 rings (SSSR count). The summed E-state index contributed by atoms with van der Waals surface area (Å²) in [7, 11) is 0. The van der Waals surface area contributed by atoms with Crippen LogP contribution in [0.4, 0.5) is 0 Å². The quantitative estimate of drug-likeness (QED) is 0.0215. The van der Waals surface area contributed by atoms with Gasteiger partial charge in [0.1, 0.15) is 36.6 Å². The van der Waals surface area contributed by atoms with Gasteiger partial charge in [-0.05, 0) is 51.4 Å². The molecule has 0 radical (unpaired) electrons. The molecule has 480 valence electrons. The summed E-state index contributed by atoms with van der Waals surface area (Å²) in [5.74, 6) is -0.703. The number of allylic oxidation sites excluding steroid dienone is 4. The molecule has 0 aromatic heterocycles. The molecule has 1 heterocycles. The molecule has 1 saturated heterocycles. The van der Waals surface area contributed by atoms with Crippen molar-refractivity contribution < 1.29 is 50.0 Å². The van der Waals surface area contributed by atoms with E-state index in [1.807, 2.05) is 0 Å². The molecule has 0 aromatic carbocycles. The van der Waals surface area contributed by atoms with E-state index in [1.165, 1.54) is 263 Å². The van der Waals surface area contributed by atoms with Crippen LogP contribution in [0.5, 0.6) is 0 Å². The molecule has 1 aliphatic rings. The number of carbonyl (C=O) groups is 1. The van der Waals surface area contributed by atoms with Gasteiger partial charge in [-0.1, -0.05) is 321 Å². The normalized spacial score (nSPS) is 19.2. The van der Waals surface area contributed by atoms with Crippen LogP contribution in [0, 0.1) is 0 Å². The maximum Gasteiger partial charge on any atom is 0.249 e. The molecule has 0 spiro atoms. The van der Waals surface area contributed by atoms with E-state index < -0.39 is 74.2 Å². The van der Waals surface area contributed by atoms with E-state index in [9.17, 15) is 40.5 Å². The maximum atomic E-state index is 13.2. The second kappa shape index (κ2) is 58.9. The maximum absolute atomic E-state index is 13.2. The van der Waals surface area contributed by atoms with Gasteiger partial charge in [-0.15, -0.1) is 0 Å². The fourth-order valence-electron chi connectivity index (χ4n) is 11.6. The summed E-state index contributed by atoms with van der Waals surface area (Å²) in [5, 5.41) is 76.4. The second-order valence-corrected chi connectivity index (χ2v) is 25.0. The smallest absolute Gasteiger partial charge is 0.249 e. The van der Waals surface area contributed by atoms with Crippen molar-refractivity contribution in [1.82, 2.24) is 5.32 Å². The number of carbonyl (C=O) groups excluding carboxylic acids is 1. The van der Waals surface area contributed by atoms with E-state index >= 15 is 0 Å². The third-order valence-electron chi connectivity index (χ3n) is 17.2. The molecule has 81 heavy (non-hydrogen) atoms. The summed E-state index contributed by atoms with van der Waals surface area (Å²) in [6, 6.07) is -1.19. The molecule has 0 saturated carbocycles. The molecule has 0 aliphatic carbocycles. The lowest BCUT2D eigenvalue weighted by Crippen LogP contribution is -2.60. The first-order chi connectivity index (χ1) is 39.7. The van der Waals surface area contributed by atoms with Crippen LogP contribution in [0.3, 0.4) is 0 Å². The summed E-state index contributed by atoms with van der Waals surface area (Å²) in [6.07, 6.45) is 62.7. The van der Waals surface area contributed by atoms with Gasteiger partial charge >= 0.3 is 0 Å². The Morgan fingerprint density at radius 3 is 1.10 bits per heavy atom. The molecule has 11 nitrogen and oxygen atoms in total. The third-order valence-corrected chi connectivity index (χ3v) is 17.2. The minimum absolute atomic E-state index is 0.249. The highest BCUT2D eigenvalue weighted by atomic mass is 16.7. The van der Waals surface area contributed by atoms with Crippen LogP contribution in [0.2, 0.25) is 0 Å². The minimum Gasteiger partial charge on any atom is -0.394 e. The zero-order valence-corrected chi connectivity index (χ0v) is 53.0. The number of unbranched alkanes of at least 4 members (excludes halogenated alkanes) is 46. The number of hydrogen-bond donors (Lipinski definition) is 8. The predicted octanol–water partition coefficient (Wildman–Crippen LogP) is 16.8. The molecule has 1 fully saturated rings. The first-order valence-electron chi connectivity index (χ1n) is 35.2. The van der Waals surface area contributed by atoms with E-state index in [0.29, 0.717) is 19.3 Å². The Balaban J connectivity index is 2.19. The molecular weight excluding hydrogens is 1010 g/mol. The molecule has 9 atom stereocenters. The van der Waals surface area contributed by atoms with Gasteiger partial charge in [-0.25, -0.2) is 0 Å². The Kier molecular flexibility index (Phi) is 56.5. The Morgan fingerprint density at radius 2 is 0.741 bits per heavy atom. The van der Waals surface area contributed by atoms with E-state index in [-0.39, 0.29) is 12.8 Å². The van der Waals surface area contributed by atoms with Crippen molar-refractivity contribution in [3.05, 3.63) is 24.3 Å². The third kappa shape index (κ3) is 46.5. The van der Waals surface area contributed by atoms with Crippen molar-refractivity contribution in [3.8, 4) is 0 Å². The Hall–Kier alpha value is -1.41. The van der Waals surface area contributed by atoms with Gasteiger partial charge in [0, 0.05) is 0 Å². The predicted molar refractivity (Wildman–Crippen MR) is 339 cm³/mol. The lowest BCUT2D eigenvalue weighted by Gasteiger charge is -2.40. The molecule has 1 aliphatic heterocycles. The van der Waals surface area contributed by atoms with Crippen LogP contribution >= 0.6 is 0 Å². The largest absolute Gasteiger partial charge is 0.394 e. The fourth-order valence-corrected chi connectivity index (χ4v) is 11.6. The van der Waals surface area contributed by atoms with Crippen molar-refractivity contribution in [2.45, 2.75) is 403 Å². The topological polar surface area (TPSA) is 189 Å². The zero-order chi connectivity index (χ0) is 58.9. The minimum atomic E-state index is -1.67. The summed E-state index contributed by atoms with van der Waals surface area (Å²) in [6.45, 7) is 3.49. The average molecular weight is 1150 g/mol. The van der Waals surface area contributed by atoms with Gasteiger partial charge in [0.05, 0.1) is 25.4 Å². The molecule has 8 N–H and O–H groups in total. The Bertz CT molecular complexity index is 1370. The zero-order valence-electron chi connectivity index (χ0n) is 53.0. The number of hydrogen-bond acceptors (Lipinski definition) is 10. The van der Waals surface area contributed by atoms with Crippen LogP contribution < -0.4 is 5.32 Å². The van der Waals surface area contributed by atoms with E-state index in [1.54, 1.807) is 0 Å². The lowest BCUT2D eigenvalue weighted by atomic mass is 9.98. The van der Waals surface area contributed by atoms with Gasteiger partial charge in [0.25, 0.3) is 0 Å². The van der Waals surface area contributed by atoms with Gasteiger partial charge in [0.2, 0.25) is 5.91 Å². The van der Waals surface area contributed by atoms with Crippen LogP contribution in [0.15, 0.2) is 24.3 Å². The number of aliphatic hydroxyl groups excluding tert-OH is 7. The number of aliphatic hydroxyl groups is 7.